The lowest BCUT2D eigenvalue weighted by Crippen LogP contribution is -2.02. The molecule has 0 aliphatic heterocycles. The Labute approximate surface area is 736 Å². The molecule has 0 saturated heterocycles. The Kier molecular flexibility index (Phi) is 49.0. The van der Waals surface area contributed by atoms with E-state index in [1.54, 1.807) is 0 Å². The van der Waals surface area contributed by atoms with E-state index < -0.39 is 266 Å². The van der Waals surface area contributed by atoms with Gasteiger partial charge >= 0.3 is 266 Å². The Balaban J connectivity index is 6.05. The van der Waals surface area contributed by atoms with Crippen molar-refractivity contribution in [3.8, 4) is 0 Å². The molecule has 824 valence electrons. The number of phosphoric acid groups is 34. The molecule has 32 unspecified atom stereocenters. The summed E-state index contributed by atoms with van der Waals surface area (Å²) >= 11 is 0. The van der Waals surface area contributed by atoms with Gasteiger partial charge in [0.05, 0.1) is 0 Å². The van der Waals surface area contributed by atoms with Crippen molar-refractivity contribution < 1.29 is 474 Å². The van der Waals surface area contributed by atoms with Gasteiger partial charge in [0.15, 0.2) is 0 Å². The molecule has 0 aliphatic carbocycles. The molecule has 0 spiro atoms. The van der Waals surface area contributed by atoms with Crippen molar-refractivity contribution in [3.05, 3.63) is 0 Å². The van der Waals surface area contributed by atoms with Gasteiger partial charge in [-0.3, -0.25) is 0 Å². The molecule has 0 heterocycles. The fraction of sp³-hybridized carbons (Fsp3) is 0. The van der Waals surface area contributed by atoms with Crippen molar-refractivity contribution in [3.63, 3.8) is 0 Å². The van der Waals surface area contributed by atoms with Crippen LogP contribution in [0.1, 0.15) is 0 Å². The van der Waals surface area contributed by atoms with Gasteiger partial charge in [0.2, 0.25) is 0 Å². The van der Waals surface area contributed by atoms with E-state index in [1.807, 2.05) is 0 Å². The first kappa shape index (κ1) is 142. The molecule has 0 saturated carbocycles. The Morgan fingerprint density at radius 1 is 0.0657 bits per heavy atom. The van der Waals surface area contributed by atoms with Gasteiger partial charge in [-0.1, -0.05) is 0 Å². The van der Waals surface area contributed by atoms with Gasteiger partial charge in [0.1, 0.15) is 0 Å². The van der Waals surface area contributed by atoms with Crippen LogP contribution in [0.4, 0.5) is 0 Å². The van der Waals surface area contributed by atoms with Gasteiger partial charge in [-0.15, -0.1) is 0 Å². The molecule has 36 N–H and O–H groups in total. The first-order valence-corrected chi connectivity index (χ1v) is 76.4. The van der Waals surface area contributed by atoms with Crippen molar-refractivity contribution in [2.45, 2.75) is 0 Å². The molecule has 0 amide bonds. The van der Waals surface area contributed by atoms with Gasteiger partial charge in [-0.2, -0.15) is 142 Å². The summed E-state index contributed by atoms with van der Waals surface area (Å²) in [5, 5.41) is 0. The van der Waals surface area contributed by atoms with Crippen molar-refractivity contribution >= 4 is 266 Å². The molecule has 137 heavy (non-hydrogen) atoms. The second kappa shape index (κ2) is 47.2. The summed E-state index contributed by atoms with van der Waals surface area (Å²) in [4.78, 5) is 337. The van der Waals surface area contributed by atoms with Gasteiger partial charge < -0.3 is 176 Å². The summed E-state index contributed by atoms with van der Waals surface area (Å²) in [7, 11) is -247. The molecule has 0 bridgehead atoms. The largest absolute Gasteiger partial charge is 0.490 e. The molecule has 137 heteroatoms. The fourth-order valence-electron chi connectivity index (χ4n) is 4.79. The van der Waals surface area contributed by atoms with Gasteiger partial charge in [-0.05, 0) is 0 Å². The Morgan fingerprint density at radius 2 is 0.0949 bits per heavy atom. The molecule has 0 fully saturated rings. The lowest BCUT2D eigenvalue weighted by Gasteiger charge is -2.22. The fourth-order valence-corrected chi connectivity index (χ4v) is 51.7. The standard InChI is InChI=1S/H36O103P34/c1-104(2,3)71-106(7,8)73-108(11,12)75-110(15,16)77-112(19,20)79-114(23,24)81-116(27,28)83-118(31,32)85-120(35,36)87-122(39,40)89-124(43,44)91-126(47,48)93-128(51,52)95-130(55,56)97-132(59,60)99-134(63,64)101-136(67,68)103-137(69,70)102-135(65,66)100-133(61,62)98-131(57,58)96-129(53,54)94-127(49,50)92-125(45,46)90-123(41,42)88-121(37,38)86-119(33,34)84-117(29,30)82-115(25,26)80-113(21,22)78-111(17,18)76-109(13,14)74-107(9,10)72-105(4,5)6/h(H,7,8)(H,9,10)(H,11,12)(H,13,14)(H,15,16)(H,17,18)(H,19,20)(H,21,22)(H,23,24)(H,25,26)(H,27,28)(H,29,30)(H,31,32)(H,33,34)(H,35,36)(H,37,38)(H,39,40)(H,41,42)(H,43,44)(H,45,46)(H,47,48)(H,49,50)(H,51,52)(H,53,54)(H,55,56)(H,57,58)(H,59,60)(H,61,62)(H,63,64)(H,65,66)(H,67,68)(H,69,70)(H2,1,2,3)(H2,4,5,6). The smallest absolute Gasteiger partial charge is 0.302 e. The maximum atomic E-state index is 12.2. The zero-order valence-electron chi connectivity index (χ0n) is 58.7. The van der Waals surface area contributed by atoms with Crippen molar-refractivity contribution in [1.29, 1.82) is 0 Å². The quantitative estimate of drug-likeness (QED) is 0.0389. The highest BCUT2D eigenvalue weighted by atomic mass is 31.4. The molecule has 0 aromatic rings. The summed E-state index contributed by atoms with van der Waals surface area (Å²) in [6.45, 7) is 0. The van der Waals surface area contributed by atoms with Gasteiger partial charge in [0, 0.05) is 0 Å². The minimum absolute atomic E-state index is 2.96. The van der Waals surface area contributed by atoms with E-state index in [0.29, 0.717) is 0 Å². The van der Waals surface area contributed by atoms with Crippen LogP contribution < -0.4 is 0 Å². The summed E-state index contributed by atoms with van der Waals surface area (Å²) in [5.41, 5.74) is 0. The van der Waals surface area contributed by atoms with Crippen LogP contribution in [0.2, 0.25) is 0 Å². The third kappa shape index (κ3) is 66.2. The molecule has 0 aromatic carbocycles. The predicted molar refractivity (Wildman–Crippen MR) is 374 cm³/mol. The van der Waals surface area contributed by atoms with Crippen LogP contribution in [-0.2, 0) is 297 Å². The van der Waals surface area contributed by atoms with E-state index in [9.17, 15) is 302 Å². The molecule has 0 rings (SSSR count). The van der Waals surface area contributed by atoms with Crippen molar-refractivity contribution in [2.24, 2.45) is 0 Å². The topological polar surface area (TPSA) is 1610 Å². The van der Waals surface area contributed by atoms with Crippen molar-refractivity contribution in [1.82, 2.24) is 0 Å². The number of hydrogen-bond acceptors (Lipinski definition) is 67. The van der Waals surface area contributed by atoms with Crippen LogP contribution in [0.25, 0.3) is 0 Å². The van der Waals surface area contributed by atoms with E-state index in [4.69, 9.17) is 29.4 Å². The first-order valence-electron chi connectivity index (χ1n) is 25.5. The van der Waals surface area contributed by atoms with Crippen LogP contribution in [0.5, 0.6) is 0 Å². The third-order valence-corrected chi connectivity index (χ3v) is 61.3. The Bertz CT molecular complexity index is 5620. The summed E-state index contributed by atoms with van der Waals surface area (Å²) < 4.78 is 507. The lowest BCUT2D eigenvalue weighted by molar-refractivity contribution is 0.162. The van der Waals surface area contributed by atoms with E-state index in [0.717, 1.165) is 0 Å². The average Bonchev–Trinajstić information content (AvgIpc) is 0.809. The third-order valence-electron chi connectivity index (χ3n) is 6.82. The maximum absolute atomic E-state index is 12.2. The average molecular weight is 2740 g/mol. The molecular weight excluding hydrogens is 2700 g/mol. The Morgan fingerprint density at radius 3 is 0.124 bits per heavy atom. The SMILES string of the molecule is O=P(O)(O)OP(=O)(O)OP(=O)(O)OP(=O)(O)OP(=O)(O)OP(=O)(O)OP(=O)(O)OP(=O)(O)OP(=O)(O)OP(=O)(O)OP(=O)(O)OP(=O)(O)OP(=O)(O)OP(=O)(O)OP(=O)(O)OP(=O)(O)OP(=O)(O)OP(=O)(O)OP(=O)(O)OP(=O)(O)OP(=O)(O)OP(=O)(O)OP(=O)(O)OP(=O)(O)OP(=O)(O)OP(=O)(O)OP(=O)(O)OP(=O)(O)OP(=O)(O)OP(=O)(O)OP(=O)(O)OP(=O)(O)OP(=O)(O)OP(=O)(O)O. The van der Waals surface area contributed by atoms with Crippen LogP contribution >= 0.6 is 266 Å². The second-order valence-electron chi connectivity index (χ2n) is 18.7. The predicted octanol–water partition coefficient (Wildman–Crippen LogP) is 2.93. The highest BCUT2D eigenvalue weighted by molar-refractivity contribution is 7.80. The molecule has 0 aromatic heterocycles. The Hall–Kier alpha value is 5.06. The molecule has 0 radical (unpaired) electrons. The monoisotopic (exact) mass is 2740 g/mol. The van der Waals surface area contributed by atoms with E-state index in [2.05, 4.69) is 142 Å². The van der Waals surface area contributed by atoms with Gasteiger partial charge in [-0.25, -0.2) is 155 Å². The van der Waals surface area contributed by atoms with E-state index >= 15 is 0 Å². The zero-order chi connectivity index (χ0) is 110. The number of rotatable bonds is 66. The van der Waals surface area contributed by atoms with E-state index in [1.165, 1.54) is 0 Å². The van der Waals surface area contributed by atoms with Crippen LogP contribution in [-0.4, -0.2) is 176 Å². The molecule has 0 aliphatic rings. The van der Waals surface area contributed by atoms with E-state index in [-0.39, 0.29) is 0 Å². The summed E-state index contributed by atoms with van der Waals surface area (Å²) in [5.74, 6) is 0. The van der Waals surface area contributed by atoms with Crippen LogP contribution in [0, 0.1) is 0 Å². The second-order valence-corrected chi connectivity index (χ2v) is 72.2. The van der Waals surface area contributed by atoms with Crippen LogP contribution in [0.15, 0.2) is 0 Å². The first-order chi connectivity index (χ1) is 58.3. The maximum Gasteiger partial charge on any atom is 0.490 e. The highest BCUT2D eigenvalue weighted by Gasteiger charge is 2.61. The highest BCUT2D eigenvalue weighted by Crippen LogP contribution is 2.87. The lowest BCUT2D eigenvalue weighted by atomic mass is 15.6. The van der Waals surface area contributed by atoms with Crippen LogP contribution in [0.3, 0.4) is 0 Å². The normalized spacial score (nSPS) is 27.3. The zero-order valence-corrected chi connectivity index (χ0v) is 89.1. The van der Waals surface area contributed by atoms with Crippen molar-refractivity contribution in [2.75, 3.05) is 0 Å². The summed E-state index contributed by atoms with van der Waals surface area (Å²) in [6, 6.07) is 0. The molecular formula is H36O103P34. The van der Waals surface area contributed by atoms with Gasteiger partial charge in [0.25, 0.3) is 0 Å². The molecule has 103 nitrogen and oxygen atoms in total. The number of hydrogen-bond donors (Lipinski definition) is 36. The minimum atomic E-state index is -7.54. The minimum Gasteiger partial charge on any atom is -0.302 e. The summed E-state index contributed by atoms with van der Waals surface area (Å²) in [6.07, 6.45) is 0. The molecule has 32 atom stereocenters.